The van der Waals surface area contributed by atoms with Crippen molar-refractivity contribution in [1.29, 1.82) is 0 Å². The van der Waals surface area contributed by atoms with Crippen LogP contribution in [0, 0.1) is 0 Å². The van der Waals surface area contributed by atoms with Gasteiger partial charge in [0.15, 0.2) is 4.80 Å². The molecule has 6 nitrogen and oxygen atoms in total. The van der Waals surface area contributed by atoms with Gasteiger partial charge in [-0.25, -0.2) is 18.1 Å². The van der Waals surface area contributed by atoms with E-state index in [0.29, 0.717) is 6.54 Å². The highest BCUT2D eigenvalue weighted by molar-refractivity contribution is 7.89. The van der Waals surface area contributed by atoms with E-state index in [9.17, 15) is 8.42 Å². The summed E-state index contributed by atoms with van der Waals surface area (Å²) >= 11 is 7.68. The van der Waals surface area contributed by atoms with Crippen LogP contribution in [0.5, 0.6) is 5.75 Å². The maximum Gasteiger partial charge on any atom is 0.242 e. The molecule has 0 aliphatic carbocycles. The number of ether oxygens (including phenoxy) is 1. The van der Waals surface area contributed by atoms with Crippen LogP contribution in [0.1, 0.15) is 19.8 Å². The van der Waals surface area contributed by atoms with Gasteiger partial charge in [-0.2, -0.15) is 0 Å². The number of hydrogen-bond donors (Lipinski definition) is 1. The first-order valence-corrected chi connectivity index (χ1v) is 12.2. The van der Waals surface area contributed by atoms with Crippen molar-refractivity contribution in [3.05, 3.63) is 57.7 Å². The maximum absolute atomic E-state index is 12.7. The minimum Gasteiger partial charge on any atom is -0.497 e. The zero-order chi connectivity index (χ0) is 21.7. The number of nitrogens with zero attached hydrogens (tertiary/aromatic N) is 2. The van der Waals surface area contributed by atoms with Crippen LogP contribution in [-0.2, 0) is 17.1 Å². The SMILES string of the molecule is CCCCNS(=O)(=O)c1cc(-c2csc(=Nc3ccc(OC)cc3)n2C)ccc1Cl.Cl. The predicted molar refractivity (Wildman–Crippen MR) is 129 cm³/mol. The maximum atomic E-state index is 12.7. The van der Waals surface area contributed by atoms with Crippen molar-refractivity contribution in [3.63, 3.8) is 0 Å². The van der Waals surface area contributed by atoms with Crippen molar-refractivity contribution in [2.75, 3.05) is 13.7 Å². The Labute approximate surface area is 198 Å². The van der Waals surface area contributed by atoms with Gasteiger partial charge in [-0.15, -0.1) is 23.7 Å². The lowest BCUT2D eigenvalue weighted by Gasteiger charge is -2.10. The summed E-state index contributed by atoms with van der Waals surface area (Å²) in [6, 6.07) is 12.5. The second kappa shape index (κ2) is 11.2. The molecule has 10 heteroatoms. The highest BCUT2D eigenvalue weighted by Crippen LogP contribution is 2.28. The molecule has 0 spiro atoms. The van der Waals surface area contributed by atoms with Gasteiger partial charge >= 0.3 is 0 Å². The lowest BCUT2D eigenvalue weighted by atomic mass is 10.2. The number of benzene rings is 2. The highest BCUT2D eigenvalue weighted by atomic mass is 35.5. The van der Waals surface area contributed by atoms with Crippen LogP contribution in [0.15, 0.2) is 57.7 Å². The summed E-state index contributed by atoms with van der Waals surface area (Å²) in [5.41, 5.74) is 2.42. The van der Waals surface area contributed by atoms with Crippen LogP contribution < -0.4 is 14.3 Å². The molecule has 0 radical (unpaired) electrons. The Bertz CT molecular complexity index is 1190. The summed E-state index contributed by atoms with van der Waals surface area (Å²) in [5.74, 6) is 0.771. The third-order valence-corrected chi connectivity index (χ3v) is 7.42. The number of hydrogen-bond acceptors (Lipinski definition) is 5. The molecule has 1 aromatic heterocycles. The predicted octanol–water partition coefficient (Wildman–Crippen LogP) is 5.15. The molecule has 2 aromatic carbocycles. The standard InChI is InChI=1S/C21H24ClN3O3S2.ClH/c1-4-5-12-23-30(26,27)20-13-15(6-11-18(20)22)19-14-29-21(25(19)2)24-16-7-9-17(28-3)10-8-16;/h6-11,13-14,23H,4-5,12H2,1-3H3;1H. The second-order valence-electron chi connectivity index (χ2n) is 6.67. The van der Waals surface area contributed by atoms with Crippen molar-refractivity contribution < 1.29 is 13.2 Å². The Morgan fingerprint density at radius 2 is 1.90 bits per heavy atom. The van der Waals surface area contributed by atoms with Gasteiger partial charge in [-0.1, -0.05) is 31.0 Å². The molecule has 1 heterocycles. The number of unbranched alkanes of at least 4 members (excludes halogenated alkanes) is 1. The molecule has 0 unspecified atom stereocenters. The molecular weight excluding hydrogens is 477 g/mol. The molecule has 0 fully saturated rings. The first-order chi connectivity index (χ1) is 14.4. The Morgan fingerprint density at radius 3 is 2.55 bits per heavy atom. The number of nitrogens with one attached hydrogen (secondary N) is 1. The minimum atomic E-state index is -3.68. The number of halogens is 2. The lowest BCUT2D eigenvalue weighted by Crippen LogP contribution is -2.25. The largest absolute Gasteiger partial charge is 0.497 e. The van der Waals surface area contributed by atoms with E-state index in [1.165, 1.54) is 11.3 Å². The van der Waals surface area contributed by atoms with Crippen molar-refractivity contribution >= 4 is 51.1 Å². The zero-order valence-corrected chi connectivity index (χ0v) is 20.7. The Morgan fingerprint density at radius 1 is 1.19 bits per heavy atom. The van der Waals surface area contributed by atoms with Gasteiger partial charge in [0, 0.05) is 24.5 Å². The zero-order valence-electron chi connectivity index (χ0n) is 17.5. The molecule has 0 aliphatic heterocycles. The normalized spacial score (nSPS) is 11.9. The molecule has 3 aromatic rings. The van der Waals surface area contributed by atoms with E-state index in [0.717, 1.165) is 40.3 Å². The van der Waals surface area contributed by atoms with Crippen LogP contribution in [0.4, 0.5) is 5.69 Å². The second-order valence-corrected chi connectivity index (χ2v) is 9.65. The van der Waals surface area contributed by atoms with E-state index in [1.54, 1.807) is 19.2 Å². The van der Waals surface area contributed by atoms with Gasteiger partial charge in [0.05, 0.1) is 23.5 Å². The van der Waals surface area contributed by atoms with Crippen LogP contribution in [0.25, 0.3) is 11.3 Å². The van der Waals surface area contributed by atoms with Crippen molar-refractivity contribution in [2.24, 2.45) is 12.0 Å². The quantitative estimate of drug-likeness (QED) is 0.433. The van der Waals surface area contributed by atoms with Crippen LogP contribution >= 0.6 is 35.3 Å². The highest BCUT2D eigenvalue weighted by Gasteiger charge is 2.19. The Hall–Kier alpha value is -1.84. The molecule has 31 heavy (non-hydrogen) atoms. The van der Waals surface area contributed by atoms with Crippen LogP contribution in [0.3, 0.4) is 0 Å². The molecular formula is C21H25Cl2N3O3S2. The smallest absolute Gasteiger partial charge is 0.242 e. The summed E-state index contributed by atoms with van der Waals surface area (Å²) in [7, 11) is -0.156. The summed E-state index contributed by atoms with van der Waals surface area (Å²) in [6.07, 6.45) is 1.67. The molecule has 0 saturated carbocycles. The summed E-state index contributed by atoms with van der Waals surface area (Å²) < 4.78 is 35.0. The molecule has 1 N–H and O–H groups in total. The van der Waals surface area contributed by atoms with Gasteiger partial charge in [0.2, 0.25) is 10.0 Å². The molecule has 0 aliphatic rings. The Balaban J connectivity index is 0.00000341. The topological polar surface area (TPSA) is 72.7 Å². The van der Waals surface area contributed by atoms with Crippen LogP contribution in [-0.4, -0.2) is 26.6 Å². The third-order valence-electron chi connectivity index (χ3n) is 4.56. The number of sulfonamides is 1. The average molecular weight is 502 g/mol. The summed E-state index contributed by atoms with van der Waals surface area (Å²) in [6.45, 7) is 2.39. The Kier molecular flexibility index (Phi) is 9.14. The van der Waals surface area contributed by atoms with E-state index in [-0.39, 0.29) is 22.3 Å². The molecule has 0 atom stereocenters. The molecule has 0 bridgehead atoms. The fraction of sp³-hybridized carbons (Fsp3) is 0.286. The van der Waals surface area contributed by atoms with E-state index >= 15 is 0 Å². The number of aromatic nitrogens is 1. The summed E-state index contributed by atoms with van der Waals surface area (Å²) in [4.78, 5) is 5.54. The molecule has 3 rings (SSSR count). The van der Waals surface area contributed by atoms with Crippen molar-refractivity contribution in [2.45, 2.75) is 24.7 Å². The van der Waals surface area contributed by atoms with Crippen LogP contribution in [0.2, 0.25) is 5.02 Å². The molecule has 0 amide bonds. The summed E-state index contributed by atoms with van der Waals surface area (Å²) in [5, 5.41) is 2.15. The number of methoxy groups -OCH3 is 1. The van der Waals surface area contributed by atoms with Gasteiger partial charge in [0.1, 0.15) is 10.6 Å². The van der Waals surface area contributed by atoms with E-state index in [4.69, 9.17) is 16.3 Å². The van der Waals surface area contributed by atoms with E-state index in [2.05, 4.69) is 9.71 Å². The minimum absolute atomic E-state index is 0. The van der Waals surface area contributed by atoms with Gasteiger partial charge in [-0.05, 0) is 42.8 Å². The average Bonchev–Trinajstić information content (AvgIpc) is 3.09. The van der Waals surface area contributed by atoms with Gasteiger partial charge in [0.25, 0.3) is 0 Å². The van der Waals surface area contributed by atoms with Gasteiger partial charge < -0.3 is 9.30 Å². The first-order valence-electron chi connectivity index (χ1n) is 9.48. The monoisotopic (exact) mass is 501 g/mol. The fourth-order valence-electron chi connectivity index (χ4n) is 2.83. The van der Waals surface area contributed by atoms with E-state index < -0.39 is 10.0 Å². The molecule has 168 valence electrons. The first kappa shape index (κ1) is 25.4. The van der Waals surface area contributed by atoms with Crippen molar-refractivity contribution in [1.82, 2.24) is 9.29 Å². The number of rotatable bonds is 8. The van der Waals surface area contributed by atoms with E-state index in [1.807, 2.05) is 54.3 Å². The molecule has 0 saturated heterocycles. The third kappa shape index (κ3) is 6.11. The fourth-order valence-corrected chi connectivity index (χ4v) is 5.35. The number of thiazole rings is 1. The van der Waals surface area contributed by atoms with Gasteiger partial charge in [-0.3, -0.25) is 0 Å². The lowest BCUT2D eigenvalue weighted by molar-refractivity contribution is 0.415. The van der Waals surface area contributed by atoms with Crippen molar-refractivity contribution in [3.8, 4) is 17.0 Å².